The highest BCUT2D eigenvalue weighted by atomic mass is 16.5. The van der Waals surface area contributed by atoms with Crippen LogP contribution in [-0.2, 0) is 27.5 Å². The van der Waals surface area contributed by atoms with E-state index in [0.717, 1.165) is 16.7 Å². The van der Waals surface area contributed by atoms with Gasteiger partial charge in [-0.15, -0.1) is 0 Å². The maximum Gasteiger partial charge on any atom is 0.334 e. The van der Waals surface area contributed by atoms with Crippen LogP contribution >= 0.6 is 0 Å². The maximum absolute atomic E-state index is 12.0. The second-order valence-electron chi connectivity index (χ2n) is 5.25. The van der Waals surface area contributed by atoms with Crippen LogP contribution in [0.3, 0.4) is 0 Å². The lowest BCUT2D eigenvalue weighted by Gasteiger charge is -2.09. The van der Waals surface area contributed by atoms with Gasteiger partial charge in [0.05, 0.1) is 20.3 Å². The Morgan fingerprint density at radius 2 is 1.83 bits per heavy atom. The van der Waals surface area contributed by atoms with Crippen molar-refractivity contribution in [2.45, 2.75) is 13.2 Å². The molecule has 0 saturated carbocycles. The number of methoxy groups -OCH3 is 2. The zero-order valence-electron chi connectivity index (χ0n) is 13.6. The summed E-state index contributed by atoms with van der Waals surface area (Å²) >= 11 is 0. The lowest BCUT2D eigenvalue weighted by molar-refractivity contribution is -0.139. The predicted octanol–water partition coefficient (Wildman–Crippen LogP) is 3.32. The number of hydrogen-bond acceptors (Lipinski definition) is 5. The van der Waals surface area contributed by atoms with Crippen LogP contribution in [0.15, 0.2) is 48.5 Å². The van der Waals surface area contributed by atoms with Gasteiger partial charge in [-0.3, -0.25) is 0 Å². The molecule has 2 aromatic carbocycles. The molecular weight excluding hydrogens is 308 g/mol. The molecule has 0 radical (unpaired) electrons. The topological polar surface area (TPSA) is 54.0 Å². The van der Waals surface area contributed by atoms with Crippen molar-refractivity contribution in [2.24, 2.45) is 0 Å². The third kappa shape index (κ3) is 3.35. The number of carbonyl (C=O) groups excluding carboxylic acids is 1. The average Bonchev–Trinajstić information content (AvgIpc) is 3.01. The summed E-state index contributed by atoms with van der Waals surface area (Å²) in [4.78, 5) is 12.0. The van der Waals surface area contributed by atoms with E-state index < -0.39 is 5.97 Å². The number of fused-ring (bicyclic) bond motifs is 1. The smallest absolute Gasteiger partial charge is 0.334 e. The molecule has 0 spiro atoms. The van der Waals surface area contributed by atoms with E-state index in [1.165, 1.54) is 6.08 Å². The number of esters is 1. The van der Waals surface area contributed by atoms with Crippen molar-refractivity contribution >= 4 is 11.7 Å². The minimum atomic E-state index is -0.448. The Hall–Kier alpha value is -2.95. The fraction of sp³-hybridized carbons (Fsp3) is 0.211. The summed E-state index contributed by atoms with van der Waals surface area (Å²) in [5.41, 5.74) is 2.68. The second-order valence-corrected chi connectivity index (χ2v) is 5.25. The van der Waals surface area contributed by atoms with Gasteiger partial charge in [0, 0.05) is 11.1 Å². The van der Waals surface area contributed by atoms with Crippen LogP contribution in [0, 0.1) is 0 Å². The lowest BCUT2D eigenvalue weighted by atomic mass is 10.1. The first-order valence-electron chi connectivity index (χ1n) is 7.51. The summed E-state index contributed by atoms with van der Waals surface area (Å²) in [5, 5.41) is 0. The molecule has 3 rings (SSSR count). The molecule has 0 saturated heterocycles. The highest BCUT2D eigenvalue weighted by molar-refractivity contribution is 5.91. The van der Waals surface area contributed by atoms with Crippen LogP contribution in [0.5, 0.6) is 11.5 Å². The van der Waals surface area contributed by atoms with Crippen LogP contribution in [-0.4, -0.2) is 20.2 Å². The van der Waals surface area contributed by atoms with Crippen LogP contribution < -0.4 is 9.47 Å². The summed E-state index contributed by atoms with van der Waals surface area (Å²) in [6.45, 7) is 0.607. The van der Waals surface area contributed by atoms with Crippen molar-refractivity contribution < 1.29 is 23.7 Å². The summed E-state index contributed by atoms with van der Waals surface area (Å²) in [6.07, 6.45) is 1.36. The van der Waals surface area contributed by atoms with Gasteiger partial charge in [-0.05, 0) is 17.7 Å². The molecule has 0 bridgehead atoms. The average molecular weight is 326 g/mol. The van der Waals surface area contributed by atoms with E-state index >= 15 is 0 Å². The van der Waals surface area contributed by atoms with Crippen molar-refractivity contribution in [1.29, 1.82) is 0 Å². The van der Waals surface area contributed by atoms with Crippen LogP contribution in [0.2, 0.25) is 0 Å². The van der Waals surface area contributed by atoms with Gasteiger partial charge in [-0.1, -0.05) is 30.3 Å². The van der Waals surface area contributed by atoms with Gasteiger partial charge in [0.15, 0.2) is 11.5 Å². The van der Waals surface area contributed by atoms with E-state index in [1.807, 2.05) is 36.4 Å². The zero-order valence-corrected chi connectivity index (χ0v) is 13.6. The third-order valence-corrected chi connectivity index (χ3v) is 3.73. The molecule has 24 heavy (non-hydrogen) atoms. The monoisotopic (exact) mass is 326 g/mol. The van der Waals surface area contributed by atoms with Gasteiger partial charge in [0.2, 0.25) is 0 Å². The van der Waals surface area contributed by atoms with Gasteiger partial charge >= 0.3 is 5.97 Å². The van der Waals surface area contributed by atoms with Gasteiger partial charge in [-0.25, -0.2) is 4.79 Å². The van der Waals surface area contributed by atoms with E-state index in [4.69, 9.17) is 18.9 Å². The molecule has 124 valence electrons. The third-order valence-electron chi connectivity index (χ3n) is 3.73. The van der Waals surface area contributed by atoms with Crippen molar-refractivity contribution in [2.75, 3.05) is 14.2 Å². The largest absolute Gasteiger partial charge is 0.493 e. The van der Waals surface area contributed by atoms with Gasteiger partial charge in [0.25, 0.3) is 0 Å². The maximum atomic E-state index is 12.0. The molecule has 0 aromatic heterocycles. The Bertz CT molecular complexity index is 765. The van der Waals surface area contributed by atoms with Crippen molar-refractivity contribution in [1.82, 2.24) is 0 Å². The van der Waals surface area contributed by atoms with Gasteiger partial charge < -0.3 is 18.9 Å². The predicted molar refractivity (Wildman–Crippen MR) is 88.6 cm³/mol. The summed E-state index contributed by atoms with van der Waals surface area (Å²) in [7, 11) is 3.15. The van der Waals surface area contributed by atoms with E-state index in [0.29, 0.717) is 23.9 Å². The Morgan fingerprint density at radius 3 is 2.54 bits per heavy atom. The van der Waals surface area contributed by atoms with Crippen molar-refractivity contribution in [3.05, 3.63) is 65.2 Å². The molecule has 1 aliphatic heterocycles. The number of hydrogen-bond donors (Lipinski definition) is 0. The molecular formula is C19H18O5. The summed E-state index contributed by atoms with van der Waals surface area (Å²) in [6, 6.07) is 13.2. The van der Waals surface area contributed by atoms with Gasteiger partial charge in [0.1, 0.15) is 19.0 Å². The first-order chi connectivity index (χ1) is 11.7. The normalized spacial score (nSPS) is 14.0. The highest BCUT2D eigenvalue weighted by Crippen LogP contribution is 2.38. The molecule has 2 aromatic rings. The molecule has 0 N–H and O–H groups in total. The van der Waals surface area contributed by atoms with Crippen molar-refractivity contribution in [3.63, 3.8) is 0 Å². The molecule has 0 fully saturated rings. The van der Waals surface area contributed by atoms with Crippen LogP contribution in [0.25, 0.3) is 5.76 Å². The zero-order chi connectivity index (χ0) is 16.9. The van der Waals surface area contributed by atoms with Crippen LogP contribution in [0.1, 0.15) is 16.7 Å². The quantitative estimate of drug-likeness (QED) is 0.623. The number of ether oxygens (including phenoxy) is 4. The molecule has 1 heterocycles. The highest BCUT2D eigenvalue weighted by Gasteiger charge is 2.22. The van der Waals surface area contributed by atoms with E-state index in [2.05, 4.69) is 0 Å². The Labute approximate surface area is 140 Å². The molecule has 5 heteroatoms. The molecule has 0 amide bonds. The first kappa shape index (κ1) is 15.9. The van der Waals surface area contributed by atoms with Crippen LogP contribution in [0.4, 0.5) is 0 Å². The fourth-order valence-electron chi connectivity index (χ4n) is 2.50. The SMILES string of the molecule is COc1cc2c(cc1OC)/C(=C/C(=O)OCc1ccccc1)OC2. The number of rotatable bonds is 5. The summed E-state index contributed by atoms with van der Waals surface area (Å²) in [5.74, 6) is 1.25. The number of carbonyl (C=O) groups is 1. The van der Waals surface area contributed by atoms with Gasteiger partial charge in [-0.2, -0.15) is 0 Å². The van der Waals surface area contributed by atoms with E-state index in [1.54, 1.807) is 20.3 Å². The lowest BCUT2D eigenvalue weighted by Crippen LogP contribution is -2.02. The minimum absolute atomic E-state index is 0.224. The molecule has 0 unspecified atom stereocenters. The Morgan fingerprint density at radius 1 is 1.12 bits per heavy atom. The van der Waals surface area contributed by atoms with E-state index in [9.17, 15) is 4.79 Å². The molecule has 5 nitrogen and oxygen atoms in total. The fourth-order valence-corrected chi connectivity index (χ4v) is 2.50. The number of benzene rings is 2. The Balaban J connectivity index is 1.75. The van der Waals surface area contributed by atoms with E-state index in [-0.39, 0.29) is 6.61 Å². The minimum Gasteiger partial charge on any atom is -0.493 e. The molecule has 1 aliphatic rings. The second kappa shape index (κ2) is 7.08. The van der Waals surface area contributed by atoms with Crippen molar-refractivity contribution in [3.8, 4) is 11.5 Å². The molecule has 0 atom stereocenters. The Kier molecular flexibility index (Phi) is 4.70. The molecule has 0 aliphatic carbocycles. The summed E-state index contributed by atoms with van der Waals surface area (Å²) < 4.78 is 21.4. The first-order valence-corrected chi connectivity index (χ1v) is 7.51. The standard InChI is InChI=1S/C19H18O5/c1-21-17-8-14-12-23-16(15(14)9-18(17)22-2)10-19(20)24-11-13-6-4-3-5-7-13/h3-10H,11-12H2,1-2H3/b16-10-.